The zero-order chi connectivity index (χ0) is 15.7. The second kappa shape index (κ2) is 6.41. The summed E-state index contributed by atoms with van der Waals surface area (Å²) in [5.41, 5.74) is 2.50. The van der Waals surface area contributed by atoms with Crippen molar-refractivity contribution in [1.29, 1.82) is 0 Å². The van der Waals surface area contributed by atoms with E-state index in [-0.39, 0.29) is 17.7 Å². The molecule has 1 fully saturated rings. The fourth-order valence-corrected chi connectivity index (χ4v) is 4.01. The smallest absolute Gasteiger partial charge is 0.306 e. The molecule has 1 N–H and O–H groups in total. The Bertz CT molecular complexity index is 602. The van der Waals surface area contributed by atoms with Crippen LogP contribution >= 0.6 is 15.9 Å². The average molecular weight is 366 g/mol. The van der Waals surface area contributed by atoms with Crippen molar-refractivity contribution in [2.24, 2.45) is 11.8 Å². The SMILES string of the molecule is O=C(O)C1CCCC(C(=O)N2CCc3cc(Br)ccc3C2)C1. The number of carboxylic acid groups (broad SMARTS) is 1. The molecule has 1 aromatic carbocycles. The minimum atomic E-state index is -0.758. The van der Waals surface area contributed by atoms with Gasteiger partial charge in [-0.2, -0.15) is 0 Å². The molecule has 0 spiro atoms. The molecule has 2 unspecified atom stereocenters. The zero-order valence-corrected chi connectivity index (χ0v) is 14.0. The zero-order valence-electron chi connectivity index (χ0n) is 12.4. The Morgan fingerprint density at radius 3 is 2.73 bits per heavy atom. The molecule has 118 valence electrons. The number of nitrogens with zero attached hydrogens (tertiary/aromatic N) is 1. The molecule has 2 aliphatic rings. The van der Waals surface area contributed by atoms with E-state index in [0.717, 1.165) is 30.3 Å². The third kappa shape index (κ3) is 3.19. The van der Waals surface area contributed by atoms with Gasteiger partial charge in [-0.05, 0) is 48.9 Å². The van der Waals surface area contributed by atoms with Crippen LogP contribution in [-0.2, 0) is 22.6 Å². The van der Waals surface area contributed by atoms with Crippen LogP contribution in [0.4, 0.5) is 0 Å². The summed E-state index contributed by atoms with van der Waals surface area (Å²) in [6, 6.07) is 6.20. The van der Waals surface area contributed by atoms with E-state index in [2.05, 4.69) is 28.1 Å². The lowest BCUT2D eigenvalue weighted by Gasteiger charge is -2.34. The molecule has 1 aromatic rings. The molecule has 4 nitrogen and oxygen atoms in total. The number of carbonyl (C=O) groups excluding carboxylic acids is 1. The predicted octanol–water partition coefficient (Wildman–Crippen LogP) is 3.22. The van der Waals surface area contributed by atoms with Crippen LogP contribution in [0.3, 0.4) is 0 Å². The number of carbonyl (C=O) groups is 2. The highest BCUT2D eigenvalue weighted by Crippen LogP contribution is 2.32. The molecule has 0 saturated heterocycles. The molecule has 0 aromatic heterocycles. The monoisotopic (exact) mass is 365 g/mol. The summed E-state index contributed by atoms with van der Waals surface area (Å²) in [7, 11) is 0. The number of rotatable bonds is 2. The minimum Gasteiger partial charge on any atom is -0.481 e. The van der Waals surface area contributed by atoms with E-state index in [4.69, 9.17) is 0 Å². The van der Waals surface area contributed by atoms with Crippen LogP contribution in [-0.4, -0.2) is 28.4 Å². The first-order valence-corrected chi connectivity index (χ1v) is 8.63. The van der Waals surface area contributed by atoms with Gasteiger partial charge in [0.1, 0.15) is 0 Å². The molecule has 1 amide bonds. The first-order chi connectivity index (χ1) is 10.5. The maximum atomic E-state index is 12.7. The molecule has 1 aliphatic carbocycles. The van der Waals surface area contributed by atoms with Crippen molar-refractivity contribution in [3.8, 4) is 0 Å². The Kier molecular flexibility index (Phi) is 4.52. The van der Waals surface area contributed by atoms with Crippen molar-refractivity contribution >= 4 is 27.8 Å². The number of amides is 1. The quantitative estimate of drug-likeness (QED) is 0.875. The molecular formula is C17H20BrNO3. The van der Waals surface area contributed by atoms with Crippen molar-refractivity contribution in [1.82, 2.24) is 4.90 Å². The van der Waals surface area contributed by atoms with Crippen molar-refractivity contribution in [3.05, 3.63) is 33.8 Å². The molecule has 0 bridgehead atoms. The van der Waals surface area contributed by atoms with Crippen LogP contribution in [0.15, 0.2) is 22.7 Å². The summed E-state index contributed by atoms with van der Waals surface area (Å²) >= 11 is 3.48. The van der Waals surface area contributed by atoms with Crippen LogP contribution < -0.4 is 0 Å². The number of fused-ring (bicyclic) bond motifs is 1. The van der Waals surface area contributed by atoms with Crippen LogP contribution in [0, 0.1) is 11.8 Å². The summed E-state index contributed by atoms with van der Waals surface area (Å²) in [5.74, 6) is -1.09. The Hall–Kier alpha value is -1.36. The highest BCUT2D eigenvalue weighted by atomic mass is 79.9. The molecule has 0 radical (unpaired) electrons. The molecule has 1 heterocycles. The molecule has 1 saturated carbocycles. The molecule has 5 heteroatoms. The van der Waals surface area contributed by atoms with Crippen LogP contribution in [0.2, 0.25) is 0 Å². The Morgan fingerprint density at radius 1 is 1.18 bits per heavy atom. The predicted molar refractivity (Wildman–Crippen MR) is 86.3 cm³/mol. The topological polar surface area (TPSA) is 57.6 Å². The summed E-state index contributed by atoms with van der Waals surface area (Å²) in [4.78, 5) is 25.8. The van der Waals surface area contributed by atoms with Crippen LogP contribution in [0.25, 0.3) is 0 Å². The first kappa shape index (κ1) is 15.5. The fourth-order valence-electron chi connectivity index (χ4n) is 3.61. The van der Waals surface area contributed by atoms with Gasteiger partial charge >= 0.3 is 5.97 Å². The van der Waals surface area contributed by atoms with Gasteiger partial charge in [-0.15, -0.1) is 0 Å². The van der Waals surface area contributed by atoms with E-state index in [0.29, 0.717) is 19.4 Å². The highest BCUT2D eigenvalue weighted by Gasteiger charge is 2.34. The summed E-state index contributed by atoms with van der Waals surface area (Å²) in [6.45, 7) is 1.38. The highest BCUT2D eigenvalue weighted by molar-refractivity contribution is 9.10. The Morgan fingerprint density at radius 2 is 1.95 bits per heavy atom. The molecular weight excluding hydrogens is 346 g/mol. The average Bonchev–Trinajstić information content (AvgIpc) is 2.53. The minimum absolute atomic E-state index is 0.119. The second-order valence-electron chi connectivity index (χ2n) is 6.32. The number of benzene rings is 1. The Balaban J connectivity index is 1.68. The van der Waals surface area contributed by atoms with Crippen molar-refractivity contribution in [2.45, 2.75) is 38.6 Å². The molecule has 22 heavy (non-hydrogen) atoms. The van der Waals surface area contributed by atoms with E-state index in [1.54, 1.807) is 0 Å². The van der Waals surface area contributed by atoms with Gasteiger partial charge in [-0.25, -0.2) is 0 Å². The van der Waals surface area contributed by atoms with Crippen LogP contribution in [0.5, 0.6) is 0 Å². The van der Waals surface area contributed by atoms with E-state index >= 15 is 0 Å². The van der Waals surface area contributed by atoms with Gasteiger partial charge in [0.2, 0.25) is 5.91 Å². The number of carboxylic acids is 1. The standard InChI is InChI=1S/C17H20BrNO3/c18-15-5-4-14-10-19(7-6-11(14)9-15)16(20)12-2-1-3-13(8-12)17(21)22/h4-5,9,12-13H,1-3,6-8,10H2,(H,21,22). The van der Waals surface area contributed by atoms with E-state index in [9.17, 15) is 14.7 Å². The second-order valence-corrected chi connectivity index (χ2v) is 7.24. The van der Waals surface area contributed by atoms with Crippen molar-refractivity contribution in [2.75, 3.05) is 6.54 Å². The number of hydrogen-bond donors (Lipinski definition) is 1. The Labute approximate surface area is 138 Å². The lowest BCUT2D eigenvalue weighted by Crippen LogP contribution is -2.41. The molecule has 1 aliphatic heterocycles. The number of hydrogen-bond acceptors (Lipinski definition) is 2. The summed E-state index contributed by atoms with van der Waals surface area (Å²) in [5, 5.41) is 9.17. The first-order valence-electron chi connectivity index (χ1n) is 7.83. The van der Waals surface area contributed by atoms with E-state index < -0.39 is 5.97 Å². The molecule has 2 atom stereocenters. The van der Waals surface area contributed by atoms with Gasteiger partial charge in [0.25, 0.3) is 0 Å². The van der Waals surface area contributed by atoms with Crippen molar-refractivity contribution in [3.63, 3.8) is 0 Å². The maximum Gasteiger partial charge on any atom is 0.306 e. The van der Waals surface area contributed by atoms with Gasteiger partial charge in [0, 0.05) is 23.5 Å². The van der Waals surface area contributed by atoms with Crippen LogP contribution in [0.1, 0.15) is 36.8 Å². The van der Waals surface area contributed by atoms with Crippen molar-refractivity contribution < 1.29 is 14.7 Å². The number of aliphatic carboxylic acids is 1. The lowest BCUT2D eigenvalue weighted by molar-refractivity contribution is -0.145. The van der Waals surface area contributed by atoms with Gasteiger partial charge < -0.3 is 10.0 Å². The van der Waals surface area contributed by atoms with Gasteiger partial charge in [0.05, 0.1) is 5.92 Å². The normalized spacial score (nSPS) is 24.7. The third-order valence-electron chi connectivity index (χ3n) is 4.86. The van der Waals surface area contributed by atoms with Gasteiger partial charge in [0.15, 0.2) is 0 Å². The van der Waals surface area contributed by atoms with Gasteiger partial charge in [-0.1, -0.05) is 28.4 Å². The number of halogens is 1. The van der Waals surface area contributed by atoms with Gasteiger partial charge in [-0.3, -0.25) is 9.59 Å². The summed E-state index contributed by atoms with van der Waals surface area (Å²) < 4.78 is 1.07. The molecule has 3 rings (SSSR count). The largest absolute Gasteiger partial charge is 0.481 e. The van der Waals surface area contributed by atoms with E-state index in [1.807, 2.05) is 11.0 Å². The fraction of sp³-hybridized carbons (Fsp3) is 0.529. The third-order valence-corrected chi connectivity index (χ3v) is 5.36. The maximum absolute atomic E-state index is 12.7. The summed E-state index contributed by atoms with van der Waals surface area (Å²) in [6.07, 6.45) is 3.74. The lowest BCUT2D eigenvalue weighted by atomic mass is 9.80. The van der Waals surface area contributed by atoms with E-state index in [1.165, 1.54) is 11.1 Å².